The molecular weight excluding hydrogens is 288 g/mol. The summed E-state index contributed by atoms with van der Waals surface area (Å²) in [5.41, 5.74) is 4.34. The Morgan fingerprint density at radius 3 is 2.70 bits per heavy atom. The Morgan fingerprint density at radius 2 is 1.96 bits per heavy atom. The predicted octanol–water partition coefficient (Wildman–Crippen LogP) is 3.85. The van der Waals surface area contributed by atoms with Crippen LogP contribution in [0.15, 0.2) is 42.5 Å². The molecule has 1 aliphatic carbocycles. The maximum Gasteiger partial charge on any atom is 0.319 e. The number of rotatable bonds is 3. The van der Waals surface area contributed by atoms with Crippen molar-refractivity contribution in [3.05, 3.63) is 59.2 Å². The maximum absolute atomic E-state index is 12.4. The lowest BCUT2D eigenvalue weighted by molar-refractivity contribution is 0.247. The minimum Gasteiger partial charge on any atom is -0.495 e. The van der Waals surface area contributed by atoms with Crippen LogP contribution in [0.2, 0.25) is 0 Å². The van der Waals surface area contributed by atoms with Gasteiger partial charge >= 0.3 is 6.03 Å². The first-order valence-corrected chi connectivity index (χ1v) is 7.89. The van der Waals surface area contributed by atoms with Crippen LogP contribution in [-0.2, 0) is 6.42 Å². The molecule has 4 heteroatoms. The second-order valence-corrected chi connectivity index (χ2v) is 6.05. The number of methoxy groups -OCH3 is 1. The van der Waals surface area contributed by atoms with Gasteiger partial charge in [0.2, 0.25) is 0 Å². The van der Waals surface area contributed by atoms with Gasteiger partial charge in [0.25, 0.3) is 0 Å². The highest BCUT2D eigenvalue weighted by Gasteiger charge is 2.30. The summed E-state index contributed by atoms with van der Waals surface area (Å²) >= 11 is 0. The Labute approximate surface area is 136 Å². The first kappa shape index (κ1) is 15.4. The molecule has 0 spiro atoms. The van der Waals surface area contributed by atoms with Crippen molar-refractivity contribution >= 4 is 11.7 Å². The van der Waals surface area contributed by atoms with E-state index in [-0.39, 0.29) is 12.1 Å². The van der Waals surface area contributed by atoms with E-state index in [0.717, 1.165) is 17.7 Å². The minimum absolute atomic E-state index is 0.113. The van der Waals surface area contributed by atoms with Crippen LogP contribution in [0.5, 0.6) is 5.75 Å². The number of benzene rings is 2. The molecule has 0 heterocycles. The number of hydrogen-bond donors (Lipinski definition) is 2. The summed E-state index contributed by atoms with van der Waals surface area (Å²) in [5.74, 6) is 0.985. The fourth-order valence-electron chi connectivity index (χ4n) is 3.26. The summed E-state index contributed by atoms with van der Waals surface area (Å²) in [6.45, 7) is 4.11. The van der Waals surface area contributed by atoms with Crippen molar-refractivity contribution in [3.63, 3.8) is 0 Å². The SMILES string of the molecule is COc1cccc(C)c1NC(=O)N[C@@H]1Cc2ccccc2[C@@H]1C. The van der Waals surface area contributed by atoms with E-state index in [0.29, 0.717) is 11.7 Å². The fraction of sp³-hybridized carbons (Fsp3) is 0.316. The molecular formula is C19H22N2O2. The zero-order valence-electron chi connectivity index (χ0n) is 13.7. The third-order valence-corrected chi connectivity index (χ3v) is 4.60. The lowest BCUT2D eigenvalue weighted by atomic mass is 10.0. The van der Waals surface area contributed by atoms with E-state index in [1.54, 1.807) is 7.11 Å². The number of ether oxygens (including phenoxy) is 1. The molecule has 2 atom stereocenters. The van der Waals surface area contributed by atoms with Crippen molar-refractivity contribution in [1.29, 1.82) is 0 Å². The van der Waals surface area contributed by atoms with E-state index in [4.69, 9.17) is 4.74 Å². The number of nitrogens with one attached hydrogen (secondary N) is 2. The zero-order valence-corrected chi connectivity index (χ0v) is 13.7. The van der Waals surface area contributed by atoms with Gasteiger partial charge in [0, 0.05) is 12.0 Å². The average Bonchev–Trinajstić information content (AvgIpc) is 2.86. The van der Waals surface area contributed by atoms with E-state index < -0.39 is 0 Å². The summed E-state index contributed by atoms with van der Waals surface area (Å²) in [7, 11) is 1.60. The van der Waals surface area contributed by atoms with Crippen molar-refractivity contribution in [1.82, 2.24) is 5.32 Å². The molecule has 0 saturated heterocycles. The van der Waals surface area contributed by atoms with Crippen LogP contribution >= 0.6 is 0 Å². The van der Waals surface area contributed by atoms with Gasteiger partial charge in [-0.05, 0) is 36.1 Å². The Hall–Kier alpha value is -2.49. The van der Waals surface area contributed by atoms with Crippen molar-refractivity contribution in [2.45, 2.75) is 32.2 Å². The molecule has 2 aromatic rings. The van der Waals surface area contributed by atoms with E-state index in [1.165, 1.54) is 11.1 Å². The fourth-order valence-corrected chi connectivity index (χ4v) is 3.26. The Bertz CT molecular complexity index is 727. The number of carbonyl (C=O) groups is 1. The second-order valence-electron chi connectivity index (χ2n) is 6.05. The standard InChI is InChI=1S/C19H22N2O2/c1-12-7-6-10-17(23-3)18(12)21-19(22)20-16-11-14-8-4-5-9-15(14)13(16)2/h4-10,13,16H,11H2,1-3H3,(H2,20,21,22)/t13-,16+/m0/s1. The van der Waals surface area contributed by atoms with Gasteiger partial charge in [0.05, 0.1) is 12.8 Å². The number of fused-ring (bicyclic) bond motifs is 1. The number of anilines is 1. The van der Waals surface area contributed by atoms with Crippen LogP contribution in [0.4, 0.5) is 10.5 Å². The second kappa shape index (κ2) is 6.32. The molecule has 2 amide bonds. The number of para-hydroxylation sites is 1. The maximum atomic E-state index is 12.4. The van der Waals surface area contributed by atoms with Crippen molar-refractivity contribution in [2.24, 2.45) is 0 Å². The van der Waals surface area contributed by atoms with Gasteiger partial charge in [-0.15, -0.1) is 0 Å². The highest BCUT2D eigenvalue weighted by molar-refractivity contribution is 5.92. The van der Waals surface area contributed by atoms with Crippen LogP contribution in [0, 0.1) is 6.92 Å². The Morgan fingerprint density at radius 1 is 1.17 bits per heavy atom. The molecule has 0 unspecified atom stereocenters. The van der Waals surface area contributed by atoms with Crippen LogP contribution in [0.3, 0.4) is 0 Å². The molecule has 0 bridgehead atoms. The van der Waals surface area contributed by atoms with Crippen molar-refractivity contribution in [3.8, 4) is 5.75 Å². The van der Waals surface area contributed by atoms with Crippen molar-refractivity contribution < 1.29 is 9.53 Å². The van der Waals surface area contributed by atoms with E-state index in [1.807, 2.05) is 31.2 Å². The number of aryl methyl sites for hydroxylation is 1. The average molecular weight is 310 g/mol. The lowest BCUT2D eigenvalue weighted by Gasteiger charge is -2.19. The normalized spacial score (nSPS) is 19.1. The molecule has 4 nitrogen and oxygen atoms in total. The van der Waals surface area contributed by atoms with Crippen LogP contribution in [-0.4, -0.2) is 19.2 Å². The number of carbonyl (C=O) groups excluding carboxylic acids is 1. The predicted molar refractivity (Wildman–Crippen MR) is 92.2 cm³/mol. The van der Waals surface area contributed by atoms with E-state index >= 15 is 0 Å². The summed E-state index contributed by atoms with van der Waals surface area (Å²) in [6, 6.07) is 14.0. The summed E-state index contributed by atoms with van der Waals surface area (Å²) in [6.07, 6.45) is 0.871. The van der Waals surface area contributed by atoms with Gasteiger partial charge in [-0.3, -0.25) is 0 Å². The molecule has 0 saturated carbocycles. The topological polar surface area (TPSA) is 50.4 Å². The Balaban J connectivity index is 1.70. The van der Waals surface area contributed by atoms with Crippen molar-refractivity contribution in [2.75, 3.05) is 12.4 Å². The van der Waals surface area contributed by atoms with E-state index in [2.05, 4.69) is 35.8 Å². The van der Waals surface area contributed by atoms with Crippen LogP contribution < -0.4 is 15.4 Å². The van der Waals surface area contributed by atoms with Gasteiger partial charge in [-0.25, -0.2) is 4.79 Å². The number of hydrogen-bond acceptors (Lipinski definition) is 2. The van der Waals surface area contributed by atoms with Crippen LogP contribution in [0.25, 0.3) is 0 Å². The molecule has 2 N–H and O–H groups in total. The summed E-state index contributed by atoms with van der Waals surface area (Å²) in [5, 5.41) is 6.03. The molecule has 0 fully saturated rings. The zero-order chi connectivity index (χ0) is 16.4. The van der Waals surface area contributed by atoms with Gasteiger partial charge in [0.1, 0.15) is 5.75 Å². The first-order valence-electron chi connectivity index (χ1n) is 7.89. The smallest absolute Gasteiger partial charge is 0.319 e. The minimum atomic E-state index is -0.192. The lowest BCUT2D eigenvalue weighted by Crippen LogP contribution is -2.40. The van der Waals surface area contributed by atoms with Gasteiger partial charge in [0.15, 0.2) is 0 Å². The summed E-state index contributed by atoms with van der Waals surface area (Å²) < 4.78 is 5.33. The molecule has 0 radical (unpaired) electrons. The van der Waals surface area contributed by atoms with Gasteiger partial charge in [-0.2, -0.15) is 0 Å². The highest BCUT2D eigenvalue weighted by atomic mass is 16.5. The molecule has 120 valence electrons. The third-order valence-electron chi connectivity index (χ3n) is 4.60. The third kappa shape index (κ3) is 3.02. The number of urea groups is 1. The summed E-state index contributed by atoms with van der Waals surface area (Å²) in [4.78, 5) is 12.4. The largest absolute Gasteiger partial charge is 0.495 e. The van der Waals surface area contributed by atoms with Crippen LogP contribution in [0.1, 0.15) is 29.5 Å². The first-order chi connectivity index (χ1) is 11.1. The monoisotopic (exact) mass is 310 g/mol. The quantitative estimate of drug-likeness (QED) is 0.904. The molecule has 3 rings (SSSR count). The van der Waals surface area contributed by atoms with Gasteiger partial charge in [-0.1, -0.05) is 43.3 Å². The molecule has 2 aromatic carbocycles. The molecule has 0 aromatic heterocycles. The van der Waals surface area contributed by atoms with Gasteiger partial charge < -0.3 is 15.4 Å². The number of amides is 2. The molecule has 23 heavy (non-hydrogen) atoms. The molecule has 0 aliphatic heterocycles. The van der Waals surface area contributed by atoms with E-state index in [9.17, 15) is 4.79 Å². The Kier molecular flexibility index (Phi) is 4.24. The molecule has 1 aliphatic rings. The highest BCUT2D eigenvalue weighted by Crippen LogP contribution is 2.33.